The normalized spacial score (nSPS) is 15.6. The lowest BCUT2D eigenvalue weighted by molar-refractivity contribution is 0.278. The lowest BCUT2D eigenvalue weighted by Gasteiger charge is -2.45. The summed E-state index contributed by atoms with van der Waals surface area (Å²) in [5.41, 5.74) is 4.93. The molecule has 0 fully saturated rings. The molecule has 0 radical (unpaired) electrons. The van der Waals surface area contributed by atoms with Crippen LogP contribution in [0.5, 0.6) is 17.5 Å². The molecule has 37 heavy (non-hydrogen) atoms. The summed E-state index contributed by atoms with van der Waals surface area (Å²) in [5.74, 6) is 1.14. The molecule has 0 spiro atoms. The number of benzene rings is 2. The Balaban J connectivity index is 1.56. The van der Waals surface area contributed by atoms with Crippen molar-refractivity contribution in [1.29, 1.82) is 0 Å². The van der Waals surface area contributed by atoms with Gasteiger partial charge in [-0.25, -0.2) is 4.98 Å². The number of ether oxygens (including phenoxy) is 1. The Morgan fingerprint density at radius 3 is 2.32 bits per heavy atom. The Hall–Kier alpha value is -4.45. The number of rotatable bonds is 3. The van der Waals surface area contributed by atoms with Gasteiger partial charge in [0, 0.05) is 28.5 Å². The van der Waals surface area contributed by atoms with Crippen molar-refractivity contribution in [2.45, 2.75) is 38.5 Å². The maximum Gasteiger partial charge on any atom is 0.243 e. The fraction of sp³-hybridized carbons (Fsp3) is 0.194. The van der Waals surface area contributed by atoms with Crippen LogP contribution in [0.15, 0.2) is 79.0 Å². The van der Waals surface area contributed by atoms with E-state index in [0.29, 0.717) is 22.8 Å². The molecule has 7 rings (SSSR count). The molecule has 2 aromatic carbocycles. The largest absolute Gasteiger partial charge is 0.507 e. The van der Waals surface area contributed by atoms with E-state index in [9.17, 15) is 5.11 Å². The SMILES string of the molecule is CC1(C)c2cccc3c4cccc(O)c4c4nc(Oc5cccc(-c6ccccn6)n5)c(n4c23)C1(C)C. The van der Waals surface area contributed by atoms with E-state index >= 15 is 0 Å². The third-order valence-corrected chi connectivity index (χ3v) is 8.34. The van der Waals surface area contributed by atoms with Gasteiger partial charge in [-0.2, -0.15) is 4.98 Å². The summed E-state index contributed by atoms with van der Waals surface area (Å²) < 4.78 is 8.68. The van der Waals surface area contributed by atoms with Crippen LogP contribution in [-0.2, 0) is 10.8 Å². The highest BCUT2D eigenvalue weighted by Crippen LogP contribution is 2.54. The van der Waals surface area contributed by atoms with Gasteiger partial charge in [-0.15, -0.1) is 0 Å². The van der Waals surface area contributed by atoms with Crippen LogP contribution in [0, 0.1) is 0 Å². The Labute approximate surface area is 214 Å². The average molecular weight is 487 g/mol. The molecule has 182 valence electrons. The maximum absolute atomic E-state index is 11.0. The second-order valence-corrected chi connectivity index (χ2v) is 10.8. The number of hydrogen-bond donors (Lipinski definition) is 1. The first-order valence-corrected chi connectivity index (χ1v) is 12.4. The van der Waals surface area contributed by atoms with Crippen molar-refractivity contribution in [3.63, 3.8) is 0 Å². The zero-order chi connectivity index (χ0) is 25.5. The van der Waals surface area contributed by atoms with E-state index in [2.05, 4.69) is 55.3 Å². The molecule has 0 saturated heterocycles. The van der Waals surface area contributed by atoms with Crippen LogP contribution in [0.2, 0.25) is 0 Å². The summed E-state index contributed by atoms with van der Waals surface area (Å²) in [5, 5.41) is 13.8. The molecule has 6 heteroatoms. The van der Waals surface area contributed by atoms with Gasteiger partial charge in [0.1, 0.15) is 5.75 Å². The van der Waals surface area contributed by atoms with Crippen molar-refractivity contribution >= 4 is 27.3 Å². The minimum atomic E-state index is -0.348. The third kappa shape index (κ3) is 2.84. The predicted octanol–water partition coefficient (Wildman–Crippen LogP) is 7.16. The first-order valence-electron chi connectivity index (χ1n) is 12.4. The summed E-state index contributed by atoms with van der Waals surface area (Å²) in [7, 11) is 0. The van der Waals surface area contributed by atoms with Crippen LogP contribution >= 0.6 is 0 Å². The maximum atomic E-state index is 11.0. The highest BCUT2D eigenvalue weighted by atomic mass is 16.5. The molecule has 0 amide bonds. The Morgan fingerprint density at radius 2 is 1.51 bits per heavy atom. The minimum Gasteiger partial charge on any atom is -0.507 e. The molecular formula is C31H26N4O2. The van der Waals surface area contributed by atoms with E-state index in [1.54, 1.807) is 12.3 Å². The number of fused-ring (bicyclic) bond motifs is 3. The number of nitrogens with zero attached hydrogens (tertiary/aromatic N) is 4. The van der Waals surface area contributed by atoms with Gasteiger partial charge in [0.25, 0.3) is 0 Å². The van der Waals surface area contributed by atoms with Gasteiger partial charge in [0.05, 0.1) is 28.0 Å². The number of pyridine rings is 3. The molecule has 6 nitrogen and oxygen atoms in total. The first-order chi connectivity index (χ1) is 17.8. The number of hydrogen-bond acceptors (Lipinski definition) is 5. The smallest absolute Gasteiger partial charge is 0.243 e. The molecule has 1 N–H and O–H groups in total. The summed E-state index contributed by atoms with van der Waals surface area (Å²) in [6.45, 7) is 9.02. The van der Waals surface area contributed by atoms with Gasteiger partial charge in [-0.3, -0.25) is 9.38 Å². The minimum absolute atomic E-state index is 0.200. The topological polar surface area (TPSA) is 72.5 Å². The molecule has 4 aromatic heterocycles. The van der Waals surface area contributed by atoms with E-state index in [4.69, 9.17) is 14.7 Å². The zero-order valence-corrected chi connectivity index (χ0v) is 21.1. The van der Waals surface area contributed by atoms with Gasteiger partial charge in [0.2, 0.25) is 11.8 Å². The molecule has 5 heterocycles. The molecule has 0 bridgehead atoms. The van der Waals surface area contributed by atoms with E-state index < -0.39 is 0 Å². The molecule has 6 aromatic rings. The van der Waals surface area contributed by atoms with Gasteiger partial charge >= 0.3 is 0 Å². The van der Waals surface area contributed by atoms with E-state index in [1.807, 2.05) is 48.5 Å². The summed E-state index contributed by atoms with van der Waals surface area (Å²) in [6.07, 6.45) is 1.75. The number of aromatic nitrogens is 4. The van der Waals surface area contributed by atoms with Crippen molar-refractivity contribution in [1.82, 2.24) is 19.4 Å². The quantitative estimate of drug-likeness (QED) is 0.269. The first kappa shape index (κ1) is 21.8. The van der Waals surface area contributed by atoms with Crippen LogP contribution in [0.1, 0.15) is 39.0 Å². The Morgan fingerprint density at radius 1 is 0.757 bits per heavy atom. The zero-order valence-electron chi connectivity index (χ0n) is 21.1. The molecule has 1 aliphatic heterocycles. The number of para-hydroxylation sites is 1. The summed E-state index contributed by atoms with van der Waals surface area (Å²) >= 11 is 0. The molecular weight excluding hydrogens is 460 g/mol. The van der Waals surface area contributed by atoms with E-state index in [1.165, 1.54) is 5.56 Å². The average Bonchev–Trinajstić information content (AvgIpc) is 3.28. The van der Waals surface area contributed by atoms with Gasteiger partial charge in [-0.05, 0) is 35.2 Å². The summed E-state index contributed by atoms with van der Waals surface area (Å²) in [4.78, 5) is 14.2. The van der Waals surface area contributed by atoms with Crippen molar-refractivity contribution in [2.75, 3.05) is 0 Å². The van der Waals surface area contributed by atoms with E-state index in [0.717, 1.165) is 33.4 Å². The van der Waals surface area contributed by atoms with E-state index in [-0.39, 0.29) is 16.6 Å². The molecule has 0 atom stereocenters. The fourth-order valence-electron chi connectivity index (χ4n) is 5.77. The Bertz CT molecular complexity index is 1870. The van der Waals surface area contributed by atoms with Crippen molar-refractivity contribution in [2.24, 2.45) is 0 Å². The molecule has 0 unspecified atom stereocenters. The van der Waals surface area contributed by atoms with Crippen molar-refractivity contribution in [3.8, 4) is 28.9 Å². The lowest BCUT2D eigenvalue weighted by Crippen LogP contribution is -2.44. The van der Waals surface area contributed by atoms with Crippen LogP contribution in [0.3, 0.4) is 0 Å². The predicted molar refractivity (Wildman–Crippen MR) is 145 cm³/mol. The standard InChI is InChI=1S/C31H26N4O2/c1-30(2)20-12-7-11-19-18-10-8-15-23(36)25(18)28-34-29(27(31(30,3)4)35(28)26(19)20)37-24-16-9-14-22(33-24)21-13-5-6-17-32-21/h5-17,36H,1-4H3. The highest BCUT2D eigenvalue weighted by Gasteiger charge is 2.48. The van der Waals surface area contributed by atoms with Gasteiger partial charge in [0.15, 0.2) is 5.65 Å². The van der Waals surface area contributed by atoms with Crippen LogP contribution < -0.4 is 4.74 Å². The third-order valence-electron chi connectivity index (χ3n) is 8.34. The monoisotopic (exact) mass is 486 g/mol. The molecule has 0 saturated carbocycles. The van der Waals surface area contributed by atoms with Crippen LogP contribution in [0.4, 0.5) is 0 Å². The lowest BCUT2D eigenvalue weighted by atomic mass is 9.60. The summed E-state index contributed by atoms with van der Waals surface area (Å²) in [6, 6.07) is 23.5. The second kappa shape index (κ2) is 7.29. The molecule has 1 aliphatic rings. The number of imidazole rings is 1. The molecule has 0 aliphatic carbocycles. The van der Waals surface area contributed by atoms with Gasteiger partial charge < -0.3 is 9.84 Å². The van der Waals surface area contributed by atoms with Crippen LogP contribution in [-0.4, -0.2) is 24.5 Å². The second-order valence-electron chi connectivity index (χ2n) is 10.8. The number of phenolic OH excluding ortho intramolecular Hbond substituents is 1. The highest BCUT2D eigenvalue weighted by molar-refractivity contribution is 6.15. The van der Waals surface area contributed by atoms with Crippen molar-refractivity contribution < 1.29 is 9.84 Å². The Kier molecular flexibility index (Phi) is 4.30. The number of phenols is 1. The number of aromatic hydroxyl groups is 1. The van der Waals surface area contributed by atoms with Crippen LogP contribution in [0.25, 0.3) is 38.7 Å². The van der Waals surface area contributed by atoms with Crippen molar-refractivity contribution in [3.05, 3.63) is 90.3 Å². The fourth-order valence-corrected chi connectivity index (χ4v) is 5.77. The van der Waals surface area contributed by atoms with Gasteiger partial charge in [-0.1, -0.05) is 70.2 Å².